The van der Waals surface area contributed by atoms with Gasteiger partial charge < -0.3 is 10.6 Å². The lowest BCUT2D eigenvalue weighted by Crippen LogP contribution is -2.37. The molecular weight excluding hydrogens is 417 g/mol. The molecule has 6 nitrogen and oxygen atoms in total. The molecule has 2 aromatic heterocycles. The predicted molar refractivity (Wildman–Crippen MR) is 117 cm³/mol. The highest BCUT2D eigenvalue weighted by atomic mass is 35.5. The van der Waals surface area contributed by atoms with E-state index in [4.69, 9.17) is 5.73 Å². The van der Waals surface area contributed by atoms with Crippen molar-refractivity contribution in [3.63, 3.8) is 0 Å². The van der Waals surface area contributed by atoms with Crippen molar-refractivity contribution in [2.75, 3.05) is 19.6 Å². The predicted octanol–water partition coefficient (Wildman–Crippen LogP) is 3.02. The summed E-state index contributed by atoms with van der Waals surface area (Å²) in [4.78, 5) is 27.3. The average Bonchev–Trinajstić information content (AvgIpc) is 3.15. The molecule has 3 rings (SSSR count). The van der Waals surface area contributed by atoms with Crippen LogP contribution in [0.2, 0.25) is 0 Å². The Hall–Kier alpha value is -2.06. The van der Waals surface area contributed by atoms with Crippen LogP contribution in [0.15, 0.2) is 54.3 Å². The first-order valence-electron chi connectivity index (χ1n) is 8.49. The fourth-order valence-electron chi connectivity index (χ4n) is 2.61. The van der Waals surface area contributed by atoms with Gasteiger partial charge in [0, 0.05) is 37.4 Å². The van der Waals surface area contributed by atoms with Crippen LogP contribution >= 0.6 is 36.2 Å². The van der Waals surface area contributed by atoms with Gasteiger partial charge in [0.15, 0.2) is 0 Å². The number of carbonyl (C=O) groups excluding carboxylic acids is 1. The standard InChI is InChI=1S/C19H21N5OS.2ClH/c20-7-11-24(10-6-15-4-2-1-3-5-15)18(25)12-16-14-26-19(23-16)17-13-21-8-9-22-17;;/h1-5,8-9,13-14H,6-7,10-12,20H2;2*1H. The van der Waals surface area contributed by atoms with E-state index in [0.717, 1.165) is 22.8 Å². The van der Waals surface area contributed by atoms with Gasteiger partial charge in [-0.1, -0.05) is 30.3 Å². The highest BCUT2D eigenvalue weighted by Gasteiger charge is 2.16. The molecule has 0 aliphatic rings. The zero-order chi connectivity index (χ0) is 18.2. The zero-order valence-electron chi connectivity index (χ0n) is 15.2. The molecule has 0 fully saturated rings. The minimum Gasteiger partial charge on any atom is -0.341 e. The normalized spacial score (nSPS) is 9.89. The molecule has 0 radical (unpaired) electrons. The summed E-state index contributed by atoms with van der Waals surface area (Å²) >= 11 is 1.47. The maximum Gasteiger partial charge on any atom is 0.228 e. The Morgan fingerprint density at radius 2 is 1.89 bits per heavy atom. The van der Waals surface area contributed by atoms with E-state index in [9.17, 15) is 4.79 Å². The number of rotatable bonds is 8. The van der Waals surface area contributed by atoms with Crippen LogP contribution in [0.1, 0.15) is 11.3 Å². The second-order valence-corrected chi connectivity index (χ2v) is 6.67. The van der Waals surface area contributed by atoms with Gasteiger partial charge in [0.05, 0.1) is 18.3 Å². The van der Waals surface area contributed by atoms with Crippen LogP contribution in [0.5, 0.6) is 0 Å². The first kappa shape index (κ1) is 24.0. The minimum absolute atomic E-state index is 0. The fourth-order valence-corrected chi connectivity index (χ4v) is 3.39. The van der Waals surface area contributed by atoms with Crippen molar-refractivity contribution < 1.29 is 4.79 Å². The molecule has 0 saturated heterocycles. The number of nitrogens with two attached hydrogens (primary N) is 1. The molecule has 0 spiro atoms. The Morgan fingerprint density at radius 1 is 1.11 bits per heavy atom. The SMILES string of the molecule is Cl.Cl.NCCN(CCc1ccccc1)C(=O)Cc1csc(-c2cnccn2)n1. The number of thiazole rings is 1. The molecule has 28 heavy (non-hydrogen) atoms. The highest BCUT2D eigenvalue weighted by molar-refractivity contribution is 7.13. The zero-order valence-corrected chi connectivity index (χ0v) is 17.7. The number of benzene rings is 1. The number of hydrogen-bond donors (Lipinski definition) is 1. The van der Waals surface area contributed by atoms with Crippen LogP contribution in [-0.4, -0.2) is 45.4 Å². The van der Waals surface area contributed by atoms with Gasteiger partial charge in [-0.3, -0.25) is 14.8 Å². The van der Waals surface area contributed by atoms with Crippen LogP contribution in [0, 0.1) is 0 Å². The van der Waals surface area contributed by atoms with Crippen molar-refractivity contribution in [2.45, 2.75) is 12.8 Å². The first-order chi connectivity index (χ1) is 12.8. The van der Waals surface area contributed by atoms with Crippen LogP contribution in [0.3, 0.4) is 0 Å². The van der Waals surface area contributed by atoms with Crippen LogP contribution in [0.4, 0.5) is 0 Å². The lowest BCUT2D eigenvalue weighted by atomic mass is 10.1. The molecule has 0 saturated carbocycles. The van der Waals surface area contributed by atoms with E-state index in [1.807, 2.05) is 28.5 Å². The fraction of sp³-hybridized carbons (Fsp3) is 0.263. The molecular formula is C19H23Cl2N5OS. The largest absolute Gasteiger partial charge is 0.341 e. The van der Waals surface area contributed by atoms with E-state index in [2.05, 4.69) is 27.1 Å². The Kier molecular flexibility index (Phi) is 10.6. The van der Waals surface area contributed by atoms with Crippen LogP contribution in [-0.2, 0) is 17.6 Å². The minimum atomic E-state index is 0. The summed E-state index contributed by atoms with van der Waals surface area (Å²) in [6.07, 6.45) is 6.01. The lowest BCUT2D eigenvalue weighted by molar-refractivity contribution is -0.130. The third-order valence-electron chi connectivity index (χ3n) is 3.93. The number of hydrogen-bond acceptors (Lipinski definition) is 6. The summed E-state index contributed by atoms with van der Waals surface area (Å²) in [6, 6.07) is 10.1. The maximum atomic E-state index is 12.7. The van der Waals surface area contributed by atoms with E-state index in [1.54, 1.807) is 18.6 Å². The molecule has 150 valence electrons. The molecule has 3 aromatic rings. The second kappa shape index (κ2) is 12.4. The number of amides is 1. The van der Waals surface area contributed by atoms with Gasteiger partial charge in [-0.25, -0.2) is 4.98 Å². The molecule has 9 heteroatoms. The Morgan fingerprint density at radius 3 is 2.57 bits per heavy atom. The van der Waals surface area contributed by atoms with Crippen molar-refractivity contribution in [3.8, 4) is 10.7 Å². The molecule has 1 amide bonds. The first-order valence-corrected chi connectivity index (χ1v) is 9.37. The van der Waals surface area contributed by atoms with Crippen molar-refractivity contribution in [2.24, 2.45) is 5.73 Å². The second-order valence-electron chi connectivity index (χ2n) is 5.82. The molecule has 0 aliphatic heterocycles. The Labute approximate surface area is 181 Å². The van der Waals surface area contributed by atoms with Gasteiger partial charge in [-0.05, 0) is 12.0 Å². The van der Waals surface area contributed by atoms with E-state index in [-0.39, 0.29) is 37.1 Å². The summed E-state index contributed by atoms with van der Waals surface area (Å²) in [5.41, 5.74) is 8.37. The van der Waals surface area contributed by atoms with E-state index < -0.39 is 0 Å². The van der Waals surface area contributed by atoms with Crippen molar-refractivity contribution in [1.82, 2.24) is 19.9 Å². The van der Waals surface area contributed by atoms with Gasteiger partial charge in [0.1, 0.15) is 10.7 Å². The molecule has 0 aliphatic carbocycles. The lowest BCUT2D eigenvalue weighted by Gasteiger charge is -2.21. The van der Waals surface area contributed by atoms with Gasteiger partial charge in [-0.2, -0.15) is 0 Å². The van der Waals surface area contributed by atoms with Crippen molar-refractivity contribution >= 4 is 42.1 Å². The van der Waals surface area contributed by atoms with E-state index in [1.165, 1.54) is 16.9 Å². The molecule has 1 aromatic carbocycles. The summed E-state index contributed by atoms with van der Waals surface area (Å²) in [7, 11) is 0. The molecule has 2 N–H and O–H groups in total. The smallest absolute Gasteiger partial charge is 0.228 e. The molecule has 2 heterocycles. The van der Waals surface area contributed by atoms with E-state index >= 15 is 0 Å². The van der Waals surface area contributed by atoms with Crippen molar-refractivity contribution in [1.29, 1.82) is 0 Å². The monoisotopic (exact) mass is 439 g/mol. The van der Waals surface area contributed by atoms with Gasteiger partial charge >= 0.3 is 0 Å². The quantitative estimate of drug-likeness (QED) is 0.582. The molecule has 0 unspecified atom stereocenters. The summed E-state index contributed by atoms with van der Waals surface area (Å²) < 4.78 is 0. The summed E-state index contributed by atoms with van der Waals surface area (Å²) in [5, 5.41) is 2.68. The average molecular weight is 440 g/mol. The number of nitrogens with zero attached hydrogens (tertiary/aromatic N) is 4. The molecule has 0 bridgehead atoms. The third-order valence-corrected chi connectivity index (χ3v) is 4.84. The van der Waals surface area contributed by atoms with Crippen LogP contribution < -0.4 is 5.73 Å². The Balaban J connectivity index is 0.00000196. The number of aromatic nitrogens is 3. The number of carbonyl (C=O) groups is 1. The van der Waals surface area contributed by atoms with Gasteiger partial charge in [0.25, 0.3) is 0 Å². The maximum absolute atomic E-state index is 12.7. The van der Waals surface area contributed by atoms with Crippen molar-refractivity contribution in [3.05, 3.63) is 65.6 Å². The Bertz CT molecular complexity index is 833. The summed E-state index contributed by atoms with van der Waals surface area (Å²) in [6.45, 7) is 1.65. The van der Waals surface area contributed by atoms with Crippen LogP contribution in [0.25, 0.3) is 10.7 Å². The van der Waals surface area contributed by atoms with E-state index in [0.29, 0.717) is 19.6 Å². The molecule has 0 atom stereocenters. The topological polar surface area (TPSA) is 85.0 Å². The van der Waals surface area contributed by atoms with Gasteiger partial charge in [0.2, 0.25) is 5.91 Å². The summed E-state index contributed by atoms with van der Waals surface area (Å²) in [5.74, 6) is 0.0439. The number of halogens is 2. The van der Waals surface area contributed by atoms with Gasteiger partial charge in [-0.15, -0.1) is 36.2 Å². The highest BCUT2D eigenvalue weighted by Crippen LogP contribution is 2.21. The third kappa shape index (κ3) is 6.83.